The van der Waals surface area contributed by atoms with Gasteiger partial charge in [-0.25, -0.2) is 4.98 Å². The molecule has 0 saturated heterocycles. The van der Waals surface area contributed by atoms with E-state index in [2.05, 4.69) is 57.4 Å². The van der Waals surface area contributed by atoms with Gasteiger partial charge in [-0.2, -0.15) is 4.98 Å². The number of rotatable bonds is 5. The van der Waals surface area contributed by atoms with Gasteiger partial charge in [-0.05, 0) is 46.8 Å². The number of thiophene rings is 1. The molecule has 5 rings (SSSR count). The van der Waals surface area contributed by atoms with Crippen molar-refractivity contribution in [2.24, 2.45) is 4.99 Å². The van der Waals surface area contributed by atoms with Gasteiger partial charge in [0.05, 0.1) is 13.2 Å². The summed E-state index contributed by atoms with van der Waals surface area (Å²) in [5.41, 5.74) is 10.2. The van der Waals surface area contributed by atoms with Crippen LogP contribution in [0.5, 0.6) is 0 Å². The Labute approximate surface area is 172 Å². The van der Waals surface area contributed by atoms with E-state index in [0.717, 1.165) is 11.3 Å². The molecule has 144 valence electrons. The van der Waals surface area contributed by atoms with E-state index >= 15 is 0 Å². The Bertz CT molecular complexity index is 1200. The second kappa shape index (κ2) is 7.27. The Kier molecular flexibility index (Phi) is 4.46. The molecule has 0 saturated carbocycles. The predicted molar refractivity (Wildman–Crippen MR) is 119 cm³/mol. The lowest BCUT2D eigenvalue weighted by atomic mass is 10.00. The predicted octanol–water partition coefficient (Wildman–Crippen LogP) is 4.00. The quantitative estimate of drug-likeness (QED) is 0.528. The molecule has 0 fully saturated rings. The first kappa shape index (κ1) is 17.8. The third-order valence-electron chi connectivity index (χ3n) is 5.01. The molecular formula is C22H19N5OS. The molecule has 0 unspecified atom stereocenters. The maximum atomic E-state index is 9.66. The lowest BCUT2D eigenvalue weighted by Crippen LogP contribution is -2.23. The molecule has 0 amide bonds. The zero-order valence-corrected chi connectivity index (χ0v) is 16.4. The number of aliphatic hydroxyl groups is 1. The largest absolute Gasteiger partial charge is 0.395 e. The van der Waals surface area contributed by atoms with Gasteiger partial charge in [0.1, 0.15) is 5.82 Å². The molecule has 0 radical (unpaired) electrons. The van der Waals surface area contributed by atoms with E-state index in [0.29, 0.717) is 18.9 Å². The van der Waals surface area contributed by atoms with Gasteiger partial charge in [0, 0.05) is 39.8 Å². The molecule has 0 bridgehead atoms. The molecule has 7 heteroatoms. The number of hydrogen-bond acceptors (Lipinski definition) is 7. The van der Waals surface area contributed by atoms with Gasteiger partial charge in [-0.3, -0.25) is 4.99 Å². The number of fused-ring (bicyclic) bond motifs is 2. The van der Waals surface area contributed by atoms with Crippen LogP contribution in [-0.2, 0) is 6.54 Å². The minimum Gasteiger partial charge on any atom is -0.395 e. The topological polar surface area (TPSA) is 87.6 Å². The highest BCUT2D eigenvalue weighted by atomic mass is 32.1. The molecule has 2 aromatic carbocycles. The van der Waals surface area contributed by atoms with Gasteiger partial charge in [-0.1, -0.05) is 18.2 Å². The Morgan fingerprint density at radius 3 is 2.86 bits per heavy atom. The highest BCUT2D eigenvalue weighted by Crippen LogP contribution is 2.40. The summed E-state index contributed by atoms with van der Waals surface area (Å²) in [4.78, 5) is 16.0. The van der Waals surface area contributed by atoms with Crippen molar-refractivity contribution in [3.63, 3.8) is 0 Å². The molecular weight excluding hydrogens is 382 g/mol. The molecule has 2 aromatic heterocycles. The third-order valence-corrected chi connectivity index (χ3v) is 6.16. The molecule has 1 aliphatic heterocycles. The highest BCUT2D eigenvalue weighted by Gasteiger charge is 2.20. The maximum absolute atomic E-state index is 9.66. The van der Waals surface area contributed by atoms with Crippen LogP contribution in [0.15, 0.2) is 59.7 Å². The van der Waals surface area contributed by atoms with E-state index in [9.17, 15) is 5.11 Å². The minimum absolute atomic E-state index is 0.00664. The Morgan fingerprint density at radius 2 is 2.03 bits per heavy atom. The monoisotopic (exact) mass is 401 g/mol. The van der Waals surface area contributed by atoms with E-state index < -0.39 is 0 Å². The minimum atomic E-state index is -0.00664. The van der Waals surface area contributed by atoms with E-state index in [1.165, 1.54) is 26.1 Å². The van der Waals surface area contributed by atoms with Crippen molar-refractivity contribution >= 4 is 45.1 Å². The van der Waals surface area contributed by atoms with Crippen molar-refractivity contribution in [1.29, 1.82) is 0 Å². The molecule has 1 aliphatic rings. The summed E-state index contributed by atoms with van der Waals surface area (Å²) in [6, 6.07) is 16.7. The van der Waals surface area contributed by atoms with Crippen molar-refractivity contribution in [2.45, 2.75) is 6.54 Å². The smallest absolute Gasteiger partial charge is 0.221 e. The van der Waals surface area contributed by atoms with Crippen LogP contribution in [-0.4, -0.2) is 34.4 Å². The van der Waals surface area contributed by atoms with Crippen LogP contribution in [0.1, 0.15) is 11.1 Å². The molecule has 0 spiro atoms. The van der Waals surface area contributed by atoms with Gasteiger partial charge in [-0.15, -0.1) is 11.3 Å². The first-order chi connectivity index (χ1) is 14.2. The highest BCUT2D eigenvalue weighted by molar-refractivity contribution is 7.22. The summed E-state index contributed by atoms with van der Waals surface area (Å²) in [5.74, 6) is 0.863. The number of aromatic nitrogens is 2. The van der Waals surface area contributed by atoms with E-state index in [1.54, 1.807) is 23.6 Å². The summed E-state index contributed by atoms with van der Waals surface area (Å²) >= 11 is 1.78. The number of benzene rings is 2. The van der Waals surface area contributed by atoms with Crippen molar-refractivity contribution in [3.05, 3.63) is 65.9 Å². The van der Waals surface area contributed by atoms with Crippen molar-refractivity contribution in [3.8, 4) is 10.4 Å². The Morgan fingerprint density at radius 1 is 1.14 bits per heavy atom. The number of anilines is 3. The molecule has 6 nitrogen and oxygen atoms in total. The lowest BCUT2D eigenvalue weighted by molar-refractivity contribution is 0.305. The molecule has 3 N–H and O–H groups in total. The van der Waals surface area contributed by atoms with Crippen molar-refractivity contribution in [2.75, 3.05) is 23.8 Å². The SMILES string of the molecule is Nc1nccc(N(CCO)c2cc3c(c(-c4cc5ccccc5s4)c2)CN=C3)n1. The maximum Gasteiger partial charge on any atom is 0.221 e. The fourth-order valence-electron chi connectivity index (χ4n) is 3.69. The van der Waals surface area contributed by atoms with E-state index in [-0.39, 0.29) is 12.6 Å². The number of nitrogen functional groups attached to an aromatic ring is 1. The average molecular weight is 401 g/mol. The number of nitrogens with two attached hydrogens (primary N) is 1. The van der Waals surface area contributed by atoms with Crippen molar-refractivity contribution < 1.29 is 5.11 Å². The van der Waals surface area contributed by atoms with Crippen LogP contribution in [0.2, 0.25) is 0 Å². The molecule has 4 aromatic rings. The Balaban J connectivity index is 1.67. The van der Waals surface area contributed by atoms with Gasteiger partial charge in [0.15, 0.2) is 0 Å². The molecule has 0 aliphatic carbocycles. The first-order valence-corrected chi connectivity index (χ1v) is 10.2. The van der Waals surface area contributed by atoms with Crippen molar-refractivity contribution in [1.82, 2.24) is 9.97 Å². The first-order valence-electron chi connectivity index (χ1n) is 9.35. The number of aliphatic imine (C=N–C) groups is 1. The van der Waals surface area contributed by atoms with Gasteiger partial charge >= 0.3 is 0 Å². The van der Waals surface area contributed by atoms with Crippen LogP contribution in [0.3, 0.4) is 0 Å². The standard InChI is InChI=1S/C22H19N5OS/c23-22-25-6-5-21(26-22)27(7-8-28)16-9-15-12-24-13-18(15)17(11-16)20-10-14-3-1-2-4-19(14)29-20/h1-6,9-12,28H,7-8,13H2,(H2,23,25,26). The summed E-state index contributed by atoms with van der Waals surface area (Å²) in [5, 5.41) is 10.9. The van der Waals surface area contributed by atoms with Crippen LogP contribution < -0.4 is 10.6 Å². The van der Waals surface area contributed by atoms with Gasteiger partial charge in [0.25, 0.3) is 0 Å². The second-order valence-corrected chi connectivity index (χ2v) is 7.91. The van der Waals surface area contributed by atoms with E-state index in [4.69, 9.17) is 5.73 Å². The number of aliphatic hydroxyl groups excluding tert-OH is 1. The fraction of sp³-hybridized carbons (Fsp3) is 0.136. The van der Waals surface area contributed by atoms with Crippen LogP contribution in [0.4, 0.5) is 17.5 Å². The average Bonchev–Trinajstić information content (AvgIpc) is 3.38. The number of nitrogens with zero attached hydrogens (tertiary/aromatic N) is 4. The van der Waals surface area contributed by atoms with Crippen LogP contribution in [0.25, 0.3) is 20.5 Å². The molecule has 29 heavy (non-hydrogen) atoms. The van der Waals surface area contributed by atoms with E-state index in [1.807, 2.05) is 11.1 Å². The van der Waals surface area contributed by atoms with Gasteiger partial charge in [0.2, 0.25) is 5.95 Å². The zero-order chi connectivity index (χ0) is 19.8. The summed E-state index contributed by atoms with van der Waals surface area (Å²) < 4.78 is 1.26. The lowest BCUT2D eigenvalue weighted by Gasteiger charge is -2.24. The van der Waals surface area contributed by atoms with Crippen LogP contribution >= 0.6 is 11.3 Å². The molecule has 3 heterocycles. The fourth-order valence-corrected chi connectivity index (χ4v) is 4.79. The summed E-state index contributed by atoms with van der Waals surface area (Å²) in [6.45, 7) is 1.07. The number of hydrogen-bond donors (Lipinski definition) is 2. The second-order valence-electron chi connectivity index (χ2n) is 6.83. The molecule has 0 atom stereocenters. The summed E-state index contributed by atoms with van der Waals surface area (Å²) in [7, 11) is 0. The zero-order valence-electron chi connectivity index (χ0n) is 15.6. The Hall–Kier alpha value is -3.29. The summed E-state index contributed by atoms with van der Waals surface area (Å²) in [6.07, 6.45) is 3.55. The van der Waals surface area contributed by atoms with Gasteiger partial charge < -0.3 is 15.7 Å². The normalized spacial score (nSPS) is 12.4. The van der Waals surface area contributed by atoms with Crippen LogP contribution in [0, 0.1) is 0 Å². The third kappa shape index (κ3) is 3.24.